The molecule has 3 rings (SSSR count). The summed E-state index contributed by atoms with van der Waals surface area (Å²) in [4.78, 5) is 25.5. The van der Waals surface area contributed by atoms with Gasteiger partial charge in [-0.15, -0.1) is 0 Å². The zero-order valence-corrected chi connectivity index (χ0v) is 16.4. The van der Waals surface area contributed by atoms with Crippen LogP contribution in [-0.4, -0.2) is 45.4 Å². The Hall–Kier alpha value is -2.75. The minimum atomic E-state index is -3.93. The number of methoxy groups -OCH3 is 1. The number of hydrogen-bond donors (Lipinski definition) is 0. The third-order valence-corrected chi connectivity index (χ3v) is 5.61. The number of benzene rings is 1. The van der Waals surface area contributed by atoms with Crippen molar-refractivity contribution >= 4 is 27.4 Å². The number of nitrogens with zero attached hydrogens (tertiary/aromatic N) is 2. The van der Waals surface area contributed by atoms with Gasteiger partial charge < -0.3 is 9.26 Å². The van der Waals surface area contributed by atoms with Crippen LogP contribution in [0.4, 0.5) is 14.9 Å². The maximum atomic E-state index is 15.2. The molecule has 0 radical (unpaired) electrons. The molecule has 28 heavy (non-hydrogen) atoms. The lowest BCUT2D eigenvalue weighted by molar-refractivity contribution is 0.103. The minimum Gasteiger partial charge on any atom is -0.452 e. The molecule has 0 unspecified atom stereocenters. The normalized spacial score (nSPS) is 14.0. The molecule has 0 atom stereocenters. The lowest BCUT2D eigenvalue weighted by Crippen LogP contribution is -2.33. The Bertz CT molecular complexity index is 1040. The fraction of sp³-hybridized carbons (Fsp3) is 0.389. The van der Waals surface area contributed by atoms with E-state index in [1.165, 1.54) is 12.3 Å². The standard InChI is InChI=1S/C18H19FN2O6S/c1-4-21(18(23)26-2)15-11(7-8-13(14(15)19)28(3,24)25)16(22)12-9-20-27-17(12)10-5-6-10/h7-10H,4-6H2,1-3H3. The van der Waals surface area contributed by atoms with E-state index in [1.807, 2.05) is 0 Å². The van der Waals surface area contributed by atoms with Crippen LogP contribution in [0.3, 0.4) is 0 Å². The van der Waals surface area contributed by atoms with Gasteiger partial charge in [0.2, 0.25) is 0 Å². The van der Waals surface area contributed by atoms with Crippen molar-refractivity contribution in [2.24, 2.45) is 0 Å². The number of carbonyl (C=O) groups excluding carboxylic acids is 2. The molecule has 0 aliphatic heterocycles. The summed E-state index contributed by atoms with van der Waals surface area (Å²) in [5.41, 5.74) is -0.469. The predicted molar refractivity (Wildman–Crippen MR) is 96.8 cm³/mol. The summed E-state index contributed by atoms with van der Waals surface area (Å²) in [7, 11) is -2.83. The first-order valence-corrected chi connectivity index (χ1v) is 10.5. The van der Waals surface area contributed by atoms with Crippen LogP contribution in [0.25, 0.3) is 0 Å². The van der Waals surface area contributed by atoms with Crippen molar-refractivity contribution in [3.05, 3.63) is 41.0 Å². The van der Waals surface area contributed by atoms with Gasteiger partial charge in [-0.05, 0) is 31.9 Å². The van der Waals surface area contributed by atoms with Gasteiger partial charge in [-0.1, -0.05) is 5.16 Å². The highest BCUT2D eigenvalue weighted by atomic mass is 32.2. The predicted octanol–water partition coefficient (Wildman–Crippen LogP) is 2.92. The van der Waals surface area contributed by atoms with Crippen LogP contribution in [0, 0.1) is 5.82 Å². The molecule has 1 fully saturated rings. The lowest BCUT2D eigenvalue weighted by atomic mass is 10.00. The highest BCUT2D eigenvalue weighted by molar-refractivity contribution is 7.90. The van der Waals surface area contributed by atoms with Crippen molar-refractivity contribution in [3.8, 4) is 0 Å². The molecule has 1 amide bonds. The number of aromatic nitrogens is 1. The molecule has 2 aromatic rings. The summed E-state index contributed by atoms with van der Waals surface area (Å²) in [6, 6.07) is 2.20. The SMILES string of the molecule is CCN(C(=O)OC)c1c(C(=O)c2cnoc2C2CC2)ccc(S(C)(=O)=O)c1F. The number of ether oxygens (including phenoxy) is 1. The average molecular weight is 410 g/mol. The van der Waals surface area contributed by atoms with Crippen LogP contribution < -0.4 is 4.90 Å². The number of sulfone groups is 1. The fourth-order valence-electron chi connectivity index (χ4n) is 2.97. The second-order valence-electron chi connectivity index (χ2n) is 6.47. The Balaban J connectivity index is 2.22. The van der Waals surface area contributed by atoms with Crippen LogP contribution in [-0.2, 0) is 14.6 Å². The molecule has 0 saturated heterocycles. The smallest absolute Gasteiger partial charge is 0.414 e. The van der Waals surface area contributed by atoms with Crippen LogP contribution in [0.15, 0.2) is 27.7 Å². The third kappa shape index (κ3) is 3.51. The molecule has 0 bridgehead atoms. The Morgan fingerprint density at radius 2 is 2.00 bits per heavy atom. The van der Waals surface area contributed by atoms with E-state index in [1.54, 1.807) is 6.92 Å². The van der Waals surface area contributed by atoms with Crippen molar-refractivity contribution < 1.29 is 31.7 Å². The van der Waals surface area contributed by atoms with E-state index >= 15 is 4.39 Å². The molecule has 1 heterocycles. The molecule has 1 aromatic carbocycles. The summed E-state index contributed by atoms with van der Waals surface area (Å²) in [6.45, 7) is 1.50. The maximum absolute atomic E-state index is 15.2. The summed E-state index contributed by atoms with van der Waals surface area (Å²) >= 11 is 0. The van der Waals surface area contributed by atoms with Crippen molar-refractivity contribution in [1.82, 2.24) is 5.16 Å². The largest absolute Gasteiger partial charge is 0.452 e. The Kier molecular flexibility index (Phi) is 5.24. The van der Waals surface area contributed by atoms with Gasteiger partial charge in [0.1, 0.15) is 4.90 Å². The first-order valence-electron chi connectivity index (χ1n) is 8.58. The Morgan fingerprint density at radius 3 is 2.54 bits per heavy atom. The number of carbonyl (C=O) groups is 2. The van der Waals surface area contributed by atoms with E-state index in [9.17, 15) is 18.0 Å². The zero-order valence-electron chi connectivity index (χ0n) is 15.6. The van der Waals surface area contributed by atoms with E-state index in [4.69, 9.17) is 4.52 Å². The first-order chi connectivity index (χ1) is 13.2. The van der Waals surface area contributed by atoms with Gasteiger partial charge in [-0.25, -0.2) is 17.6 Å². The molecular weight excluding hydrogens is 391 g/mol. The van der Waals surface area contributed by atoms with Gasteiger partial charge in [-0.2, -0.15) is 0 Å². The van der Waals surface area contributed by atoms with E-state index in [0.29, 0.717) is 5.76 Å². The second-order valence-corrected chi connectivity index (χ2v) is 8.45. The van der Waals surface area contributed by atoms with E-state index in [0.717, 1.165) is 37.2 Å². The van der Waals surface area contributed by atoms with Crippen LogP contribution in [0.5, 0.6) is 0 Å². The van der Waals surface area contributed by atoms with Crippen LogP contribution >= 0.6 is 0 Å². The molecule has 10 heteroatoms. The molecule has 150 valence electrons. The summed E-state index contributed by atoms with van der Waals surface area (Å²) < 4.78 is 48.9. The molecule has 1 aromatic heterocycles. The van der Waals surface area contributed by atoms with Gasteiger partial charge in [0.25, 0.3) is 0 Å². The molecule has 8 nitrogen and oxygen atoms in total. The van der Waals surface area contributed by atoms with Gasteiger partial charge in [-0.3, -0.25) is 9.69 Å². The maximum Gasteiger partial charge on any atom is 0.414 e. The highest BCUT2D eigenvalue weighted by Gasteiger charge is 2.35. The molecule has 1 aliphatic rings. The Labute approximate surface area is 161 Å². The number of rotatable bonds is 6. The number of halogens is 1. The van der Waals surface area contributed by atoms with Gasteiger partial charge in [0.15, 0.2) is 27.2 Å². The van der Waals surface area contributed by atoms with Crippen LogP contribution in [0.1, 0.15) is 47.4 Å². The lowest BCUT2D eigenvalue weighted by Gasteiger charge is -2.23. The minimum absolute atomic E-state index is 0.0454. The van der Waals surface area contributed by atoms with Crippen molar-refractivity contribution in [2.45, 2.75) is 30.6 Å². The van der Waals surface area contributed by atoms with Gasteiger partial charge in [0, 0.05) is 24.3 Å². The summed E-state index contributed by atoms with van der Waals surface area (Å²) in [5, 5.41) is 3.66. The van der Waals surface area contributed by atoms with E-state index in [2.05, 4.69) is 9.89 Å². The van der Waals surface area contributed by atoms with Gasteiger partial charge >= 0.3 is 6.09 Å². The summed E-state index contributed by atoms with van der Waals surface area (Å²) in [5.74, 6) is -1.32. The molecular formula is C18H19FN2O6S. The van der Waals surface area contributed by atoms with Crippen molar-refractivity contribution in [3.63, 3.8) is 0 Å². The summed E-state index contributed by atoms with van der Waals surface area (Å²) in [6.07, 6.45) is 2.88. The second kappa shape index (κ2) is 7.34. The molecule has 1 aliphatic carbocycles. The Morgan fingerprint density at radius 1 is 1.32 bits per heavy atom. The number of ketones is 1. The van der Waals surface area contributed by atoms with Crippen molar-refractivity contribution in [1.29, 1.82) is 0 Å². The molecule has 0 spiro atoms. The zero-order chi connectivity index (χ0) is 20.6. The average Bonchev–Trinajstić information content (AvgIpc) is 3.38. The van der Waals surface area contributed by atoms with E-state index < -0.39 is 38.1 Å². The monoisotopic (exact) mass is 410 g/mol. The van der Waals surface area contributed by atoms with Crippen LogP contribution in [0.2, 0.25) is 0 Å². The third-order valence-electron chi connectivity index (χ3n) is 4.50. The van der Waals surface area contributed by atoms with Crippen molar-refractivity contribution in [2.75, 3.05) is 24.8 Å². The number of hydrogen-bond acceptors (Lipinski definition) is 7. The molecule has 0 N–H and O–H groups in total. The highest BCUT2D eigenvalue weighted by Crippen LogP contribution is 2.42. The van der Waals surface area contributed by atoms with Gasteiger partial charge in [0.05, 0.1) is 24.6 Å². The fourth-order valence-corrected chi connectivity index (χ4v) is 3.71. The first kappa shape index (κ1) is 20.0. The van der Waals surface area contributed by atoms with E-state index in [-0.39, 0.29) is 23.6 Å². The number of amides is 1. The topological polar surface area (TPSA) is 107 Å². The quantitative estimate of drug-likeness (QED) is 0.674. The number of anilines is 1. The molecule has 1 saturated carbocycles.